The molecular weight excluding hydrogens is 184 g/mol. The molecule has 0 fully saturated rings. The molecule has 0 aliphatic rings. The number of rotatable bonds is 8. The molecule has 0 radical (unpaired) electrons. The third-order valence-corrected chi connectivity index (χ3v) is 1.52. The minimum atomic E-state index is -0.380. The van der Waals surface area contributed by atoms with Crippen LogP contribution in [0.1, 0.15) is 19.8 Å². The molecule has 14 heavy (non-hydrogen) atoms. The Kier molecular flexibility index (Phi) is 9.68. The van der Waals surface area contributed by atoms with Gasteiger partial charge >= 0.3 is 6.09 Å². The lowest BCUT2D eigenvalue weighted by Gasteiger charge is -2.06. The van der Waals surface area contributed by atoms with Crippen molar-refractivity contribution >= 4 is 6.09 Å². The molecule has 0 aromatic carbocycles. The average Bonchev–Trinajstić information content (AvgIpc) is 2.18. The maximum Gasteiger partial charge on any atom is 0.407 e. The SMILES string of the molecule is CCCCNC(=O)OCCOCCN. The van der Waals surface area contributed by atoms with E-state index in [-0.39, 0.29) is 12.7 Å². The van der Waals surface area contributed by atoms with Crippen LogP contribution in [0.5, 0.6) is 0 Å². The Morgan fingerprint density at radius 3 is 2.79 bits per heavy atom. The zero-order valence-electron chi connectivity index (χ0n) is 8.75. The lowest BCUT2D eigenvalue weighted by atomic mass is 10.3. The summed E-state index contributed by atoms with van der Waals surface area (Å²) in [5.41, 5.74) is 5.21. The summed E-state index contributed by atoms with van der Waals surface area (Å²) in [5, 5.41) is 2.63. The van der Waals surface area contributed by atoms with Gasteiger partial charge in [0.25, 0.3) is 0 Å². The van der Waals surface area contributed by atoms with Crippen LogP contribution < -0.4 is 11.1 Å². The largest absolute Gasteiger partial charge is 0.447 e. The predicted octanol–water partition coefficient (Wildman–Crippen LogP) is 0.488. The number of unbranched alkanes of at least 4 members (excludes halogenated alkanes) is 1. The number of nitrogens with two attached hydrogens (primary N) is 1. The highest BCUT2D eigenvalue weighted by atomic mass is 16.6. The highest BCUT2D eigenvalue weighted by molar-refractivity contribution is 5.66. The van der Waals surface area contributed by atoms with Gasteiger partial charge in [-0.05, 0) is 6.42 Å². The van der Waals surface area contributed by atoms with Crippen molar-refractivity contribution in [2.24, 2.45) is 5.73 Å². The average molecular weight is 204 g/mol. The zero-order chi connectivity index (χ0) is 10.6. The minimum absolute atomic E-state index is 0.276. The van der Waals surface area contributed by atoms with Crippen LogP contribution in [0.15, 0.2) is 0 Å². The van der Waals surface area contributed by atoms with Gasteiger partial charge in [0.2, 0.25) is 0 Å². The molecule has 0 aliphatic carbocycles. The highest BCUT2D eigenvalue weighted by Gasteiger charge is 1.99. The molecule has 5 heteroatoms. The Balaban J connectivity index is 3.10. The molecule has 0 spiro atoms. The first-order chi connectivity index (χ1) is 6.81. The van der Waals surface area contributed by atoms with Crippen molar-refractivity contribution in [3.8, 4) is 0 Å². The molecule has 0 unspecified atom stereocenters. The van der Waals surface area contributed by atoms with Crippen molar-refractivity contribution < 1.29 is 14.3 Å². The molecule has 0 aliphatic heterocycles. The van der Waals surface area contributed by atoms with E-state index >= 15 is 0 Å². The molecule has 0 aromatic heterocycles. The van der Waals surface area contributed by atoms with Crippen LogP contribution in [0.25, 0.3) is 0 Å². The smallest absolute Gasteiger partial charge is 0.407 e. The van der Waals surface area contributed by atoms with Gasteiger partial charge in [-0.3, -0.25) is 0 Å². The van der Waals surface area contributed by atoms with Crippen molar-refractivity contribution in [1.29, 1.82) is 0 Å². The maximum absolute atomic E-state index is 10.9. The Hall–Kier alpha value is -0.810. The summed E-state index contributed by atoms with van der Waals surface area (Å²) in [4.78, 5) is 10.9. The zero-order valence-corrected chi connectivity index (χ0v) is 8.75. The number of nitrogens with one attached hydrogen (secondary N) is 1. The first-order valence-corrected chi connectivity index (χ1v) is 4.99. The Morgan fingerprint density at radius 2 is 2.14 bits per heavy atom. The van der Waals surface area contributed by atoms with Gasteiger partial charge in [-0.2, -0.15) is 0 Å². The van der Waals surface area contributed by atoms with Gasteiger partial charge in [-0.1, -0.05) is 13.3 Å². The van der Waals surface area contributed by atoms with Crippen molar-refractivity contribution in [2.75, 3.05) is 32.9 Å². The van der Waals surface area contributed by atoms with E-state index in [1.807, 2.05) is 0 Å². The first kappa shape index (κ1) is 13.2. The number of carbonyl (C=O) groups is 1. The molecule has 3 N–H and O–H groups in total. The quantitative estimate of drug-likeness (QED) is 0.564. The standard InChI is InChI=1S/C9H20N2O3/c1-2-3-5-11-9(12)14-8-7-13-6-4-10/h2-8,10H2,1H3,(H,11,12). The third-order valence-electron chi connectivity index (χ3n) is 1.52. The molecule has 0 bridgehead atoms. The lowest BCUT2D eigenvalue weighted by molar-refractivity contribution is 0.0763. The topological polar surface area (TPSA) is 73.6 Å². The Morgan fingerprint density at radius 1 is 1.36 bits per heavy atom. The second-order valence-corrected chi connectivity index (χ2v) is 2.82. The van der Waals surface area contributed by atoms with Crippen LogP contribution in [0.3, 0.4) is 0 Å². The Labute approximate surface area is 84.9 Å². The molecule has 84 valence electrons. The van der Waals surface area contributed by atoms with Gasteiger partial charge in [0, 0.05) is 13.1 Å². The molecule has 5 nitrogen and oxygen atoms in total. The van der Waals surface area contributed by atoms with Crippen LogP contribution in [0.2, 0.25) is 0 Å². The van der Waals surface area contributed by atoms with Gasteiger partial charge < -0.3 is 20.5 Å². The number of hydrogen-bond donors (Lipinski definition) is 2. The summed E-state index contributed by atoms with van der Waals surface area (Å²) in [6, 6.07) is 0. The van der Waals surface area contributed by atoms with Crippen LogP contribution >= 0.6 is 0 Å². The molecular formula is C9H20N2O3. The van der Waals surface area contributed by atoms with Crippen molar-refractivity contribution in [3.63, 3.8) is 0 Å². The predicted molar refractivity (Wildman–Crippen MR) is 54.1 cm³/mol. The Bertz CT molecular complexity index is 142. The van der Waals surface area contributed by atoms with Crippen LogP contribution in [-0.4, -0.2) is 39.0 Å². The number of ether oxygens (including phenoxy) is 2. The van der Waals surface area contributed by atoms with E-state index < -0.39 is 0 Å². The monoisotopic (exact) mass is 204 g/mol. The van der Waals surface area contributed by atoms with Gasteiger partial charge in [0.15, 0.2) is 0 Å². The third kappa shape index (κ3) is 9.28. The van der Waals surface area contributed by atoms with E-state index in [4.69, 9.17) is 15.2 Å². The minimum Gasteiger partial charge on any atom is -0.447 e. The van der Waals surface area contributed by atoms with E-state index in [9.17, 15) is 4.79 Å². The van der Waals surface area contributed by atoms with Crippen LogP contribution in [-0.2, 0) is 9.47 Å². The summed E-state index contributed by atoms with van der Waals surface area (Å²) >= 11 is 0. The van der Waals surface area contributed by atoms with Gasteiger partial charge in [0.05, 0.1) is 13.2 Å². The fraction of sp³-hybridized carbons (Fsp3) is 0.889. The van der Waals surface area contributed by atoms with E-state index in [2.05, 4.69) is 12.2 Å². The first-order valence-electron chi connectivity index (χ1n) is 4.99. The number of amides is 1. The maximum atomic E-state index is 10.9. The van der Waals surface area contributed by atoms with E-state index in [1.165, 1.54) is 0 Å². The van der Waals surface area contributed by atoms with E-state index in [1.54, 1.807) is 0 Å². The molecule has 1 amide bonds. The fourth-order valence-electron chi connectivity index (χ4n) is 0.797. The van der Waals surface area contributed by atoms with Gasteiger partial charge in [0.1, 0.15) is 6.61 Å². The van der Waals surface area contributed by atoms with E-state index in [0.29, 0.717) is 26.3 Å². The van der Waals surface area contributed by atoms with Crippen molar-refractivity contribution in [2.45, 2.75) is 19.8 Å². The summed E-state index contributed by atoms with van der Waals surface area (Å²) < 4.78 is 9.85. The number of carbonyl (C=O) groups excluding carboxylic acids is 1. The molecule has 0 aromatic rings. The normalized spacial score (nSPS) is 9.86. The molecule has 0 saturated carbocycles. The van der Waals surface area contributed by atoms with Crippen LogP contribution in [0, 0.1) is 0 Å². The summed E-state index contributed by atoms with van der Waals surface area (Å²) in [7, 11) is 0. The second-order valence-electron chi connectivity index (χ2n) is 2.82. The van der Waals surface area contributed by atoms with Gasteiger partial charge in [-0.15, -0.1) is 0 Å². The highest BCUT2D eigenvalue weighted by Crippen LogP contribution is 1.84. The number of hydrogen-bond acceptors (Lipinski definition) is 4. The summed E-state index contributed by atoms with van der Waals surface area (Å²) in [6.07, 6.45) is 1.65. The van der Waals surface area contributed by atoms with Crippen molar-refractivity contribution in [1.82, 2.24) is 5.32 Å². The second kappa shape index (κ2) is 10.3. The van der Waals surface area contributed by atoms with Crippen molar-refractivity contribution in [3.05, 3.63) is 0 Å². The fourth-order valence-corrected chi connectivity index (χ4v) is 0.797. The molecule has 0 rings (SSSR count). The number of alkyl carbamates (subject to hydrolysis) is 1. The summed E-state index contributed by atoms with van der Waals surface area (Å²) in [5.74, 6) is 0. The molecule has 0 heterocycles. The molecule has 0 atom stereocenters. The summed E-state index contributed by atoms with van der Waals surface area (Å²) in [6.45, 7) is 4.40. The lowest BCUT2D eigenvalue weighted by Crippen LogP contribution is -2.26. The molecule has 0 saturated heterocycles. The van der Waals surface area contributed by atoms with Crippen LogP contribution in [0.4, 0.5) is 4.79 Å². The van der Waals surface area contributed by atoms with E-state index in [0.717, 1.165) is 12.8 Å². The van der Waals surface area contributed by atoms with Gasteiger partial charge in [-0.25, -0.2) is 4.79 Å².